The molecule has 1 fully saturated rings. The molecule has 1 aromatic carbocycles. The predicted molar refractivity (Wildman–Crippen MR) is 59.2 cm³/mol. The highest BCUT2D eigenvalue weighted by atomic mass is 16.5. The van der Waals surface area contributed by atoms with E-state index in [1.807, 2.05) is 18.2 Å². The first kappa shape index (κ1) is 10.3. The van der Waals surface area contributed by atoms with Gasteiger partial charge in [0.25, 0.3) is 0 Å². The van der Waals surface area contributed by atoms with Crippen molar-refractivity contribution in [1.29, 1.82) is 0 Å². The smallest absolute Gasteiger partial charge is 0.127 e. The Morgan fingerprint density at radius 2 is 2.00 bits per heavy atom. The van der Waals surface area contributed by atoms with E-state index in [0.717, 1.165) is 17.1 Å². The summed E-state index contributed by atoms with van der Waals surface area (Å²) in [5.41, 5.74) is 7.23. The SMILES string of the molecule is COc1ccc([C@H](N)C2CC2)c(OC)c1. The zero-order valence-electron chi connectivity index (χ0n) is 9.19. The molecule has 15 heavy (non-hydrogen) atoms. The molecule has 3 nitrogen and oxygen atoms in total. The molecule has 0 radical (unpaired) electrons. The minimum atomic E-state index is 0.103. The summed E-state index contributed by atoms with van der Waals surface area (Å²) in [5.74, 6) is 2.26. The van der Waals surface area contributed by atoms with Crippen LogP contribution in [0.25, 0.3) is 0 Å². The van der Waals surface area contributed by atoms with Crippen molar-refractivity contribution >= 4 is 0 Å². The Kier molecular flexibility index (Phi) is 2.82. The Morgan fingerprint density at radius 1 is 1.27 bits per heavy atom. The summed E-state index contributed by atoms with van der Waals surface area (Å²) in [4.78, 5) is 0. The molecule has 82 valence electrons. The van der Waals surface area contributed by atoms with Crippen LogP contribution in [-0.2, 0) is 0 Å². The number of methoxy groups -OCH3 is 2. The van der Waals surface area contributed by atoms with Gasteiger partial charge in [0, 0.05) is 17.7 Å². The van der Waals surface area contributed by atoms with E-state index in [2.05, 4.69) is 0 Å². The Labute approximate surface area is 90.2 Å². The van der Waals surface area contributed by atoms with E-state index < -0.39 is 0 Å². The maximum atomic E-state index is 6.15. The Bertz CT molecular complexity index is 347. The van der Waals surface area contributed by atoms with Crippen molar-refractivity contribution in [2.75, 3.05) is 14.2 Å². The monoisotopic (exact) mass is 207 g/mol. The minimum absolute atomic E-state index is 0.103. The first-order chi connectivity index (χ1) is 7.26. The summed E-state index contributed by atoms with van der Waals surface area (Å²) in [6.07, 6.45) is 2.46. The van der Waals surface area contributed by atoms with Crippen LogP contribution in [0, 0.1) is 5.92 Å². The van der Waals surface area contributed by atoms with E-state index in [1.54, 1.807) is 14.2 Å². The van der Waals surface area contributed by atoms with E-state index in [1.165, 1.54) is 12.8 Å². The molecule has 0 aliphatic heterocycles. The zero-order chi connectivity index (χ0) is 10.8. The molecule has 0 spiro atoms. The van der Waals surface area contributed by atoms with Gasteiger partial charge in [-0.2, -0.15) is 0 Å². The lowest BCUT2D eigenvalue weighted by Crippen LogP contribution is -2.13. The molecule has 0 aromatic heterocycles. The molecule has 0 unspecified atom stereocenters. The van der Waals surface area contributed by atoms with Crippen molar-refractivity contribution in [2.45, 2.75) is 18.9 Å². The van der Waals surface area contributed by atoms with Crippen LogP contribution in [0.1, 0.15) is 24.4 Å². The Morgan fingerprint density at radius 3 is 2.53 bits per heavy atom. The molecule has 0 amide bonds. The number of ether oxygens (including phenoxy) is 2. The highest BCUT2D eigenvalue weighted by Crippen LogP contribution is 2.42. The van der Waals surface area contributed by atoms with E-state index in [0.29, 0.717) is 5.92 Å². The summed E-state index contributed by atoms with van der Waals surface area (Å²) >= 11 is 0. The summed E-state index contributed by atoms with van der Waals surface area (Å²) in [6, 6.07) is 5.92. The molecule has 2 N–H and O–H groups in total. The summed E-state index contributed by atoms with van der Waals surface area (Å²) < 4.78 is 10.5. The van der Waals surface area contributed by atoms with E-state index in [-0.39, 0.29) is 6.04 Å². The van der Waals surface area contributed by atoms with Crippen molar-refractivity contribution < 1.29 is 9.47 Å². The van der Waals surface area contributed by atoms with Gasteiger partial charge in [0.2, 0.25) is 0 Å². The van der Waals surface area contributed by atoms with Gasteiger partial charge in [0.05, 0.1) is 14.2 Å². The second-order valence-electron chi connectivity index (χ2n) is 3.97. The second-order valence-corrected chi connectivity index (χ2v) is 3.97. The van der Waals surface area contributed by atoms with Gasteiger partial charge in [-0.15, -0.1) is 0 Å². The van der Waals surface area contributed by atoms with Gasteiger partial charge in [-0.25, -0.2) is 0 Å². The first-order valence-corrected chi connectivity index (χ1v) is 5.23. The van der Waals surface area contributed by atoms with E-state index in [4.69, 9.17) is 15.2 Å². The highest BCUT2D eigenvalue weighted by molar-refractivity contribution is 5.42. The lowest BCUT2D eigenvalue weighted by atomic mass is 10.0. The molecular formula is C12H17NO2. The average Bonchev–Trinajstić information content (AvgIpc) is 3.11. The van der Waals surface area contributed by atoms with Crippen molar-refractivity contribution in [2.24, 2.45) is 11.7 Å². The first-order valence-electron chi connectivity index (χ1n) is 5.23. The van der Waals surface area contributed by atoms with Gasteiger partial charge in [0.1, 0.15) is 11.5 Å². The number of nitrogens with two attached hydrogens (primary N) is 1. The second kappa shape index (κ2) is 4.11. The van der Waals surface area contributed by atoms with Crippen molar-refractivity contribution in [1.82, 2.24) is 0 Å². The predicted octanol–water partition coefficient (Wildman–Crippen LogP) is 2.11. The van der Waals surface area contributed by atoms with Crippen LogP contribution in [0.5, 0.6) is 11.5 Å². The van der Waals surface area contributed by atoms with Crippen molar-refractivity contribution in [3.8, 4) is 11.5 Å². The van der Waals surface area contributed by atoms with Crippen LogP contribution < -0.4 is 15.2 Å². The number of rotatable bonds is 4. The minimum Gasteiger partial charge on any atom is -0.497 e. The Hall–Kier alpha value is -1.22. The van der Waals surface area contributed by atoms with Crippen LogP contribution in [0.2, 0.25) is 0 Å². The fraction of sp³-hybridized carbons (Fsp3) is 0.500. The molecule has 1 aromatic rings. The third-order valence-corrected chi connectivity index (χ3v) is 2.93. The fourth-order valence-corrected chi connectivity index (χ4v) is 1.80. The van der Waals surface area contributed by atoms with Gasteiger partial charge < -0.3 is 15.2 Å². The lowest BCUT2D eigenvalue weighted by Gasteiger charge is -2.15. The third kappa shape index (κ3) is 2.07. The van der Waals surface area contributed by atoms with Gasteiger partial charge in [0.15, 0.2) is 0 Å². The van der Waals surface area contributed by atoms with Gasteiger partial charge >= 0.3 is 0 Å². The molecule has 0 saturated heterocycles. The van der Waals surface area contributed by atoms with Crippen LogP contribution in [0.15, 0.2) is 18.2 Å². The van der Waals surface area contributed by atoms with Gasteiger partial charge in [-0.05, 0) is 24.8 Å². The molecule has 0 bridgehead atoms. The average molecular weight is 207 g/mol. The largest absolute Gasteiger partial charge is 0.497 e. The standard InChI is InChI=1S/C12H17NO2/c1-14-9-5-6-10(11(7-9)15-2)12(13)8-3-4-8/h5-8,12H,3-4,13H2,1-2H3/t12-/m1/s1. The van der Waals surface area contributed by atoms with Crippen molar-refractivity contribution in [3.05, 3.63) is 23.8 Å². The topological polar surface area (TPSA) is 44.5 Å². The molecular weight excluding hydrogens is 190 g/mol. The zero-order valence-corrected chi connectivity index (χ0v) is 9.19. The fourth-order valence-electron chi connectivity index (χ4n) is 1.80. The maximum absolute atomic E-state index is 6.15. The van der Waals surface area contributed by atoms with Gasteiger partial charge in [-0.3, -0.25) is 0 Å². The van der Waals surface area contributed by atoms with E-state index in [9.17, 15) is 0 Å². The van der Waals surface area contributed by atoms with Crippen LogP contribution in [-0.4, -0.2) is 14.2 Å². The van der Waals surface area contributed by atoms with Crippen LogP contribution in [0.4, 0.5) is 0 Å². The van der Waals surface area contributed by atoms with Crippen LogP contribution in [0.3, 0.4) is 0 Å². The van der Waals surface area contributed by atoms with Crippen LogP contribution >= 0.6 is 0 Å². The van der Waals surface area contributed by atoms with Crippen molar-refractivity contribution in [3.63, 3.8) is 0 Å². The lowest BCUT2D eigenvalue weighted by molar-refractivity contribution is 0.386. The third-order valence-electron chi connectivity index (χ3n) is 2.93. The summed E-state index contributed by atoms with van der Waals surface area (Å²) in [5, 5.41) is 0. The summed E-state index contributed by atoms with van der Waals surface area (Å²) in [6.45, 7) is 0. The molecule has 1 atom stereocenters. The quantitative estimate of drug-likeness (QED) is 0.822. The summed E-state index contributed by atoms with van der Waals surface area (Å²) in [7, 11) is 3.31. The number of benzene rings is 1. The Balaban J connectivity index is 2.28. The molecule has 2 rings (SSSR count). The molecule has 1 aliphatic rings. The number of hydrogen-bond acceptors (Lipinski definition) is 3. The molecule has 1 aliphatic carbocycles. The molecule has 3 heteroatoms. The van der Waals surface area contributed by atoms with Gasteiger partial charge in [-0.1, -0.05) is 6.07 Å². The van der Waals surface area contributed by atoms with E-state index >= 15 is 0 Å². The molecule has 0 heterocycles. The maximum Gasteiger partial charge on any atom is 0.127 e. The highest BCUT2D eigenvalue weighted by Gasteiger charge is 2.31. The normalized spacial score (nSPS) is 17.3. The number of hydrogen-bond donors (Lipinski definition) is 1. The molecule has 1 saturated carbocycles.